The predicted molar refractivity (Wildman–Crippen MR) is 61.1 cm³/mol. The van der Waals surface area contributed by atoms with Crippen molar-refractivity contribution in [3.8, 4) is 0 Å². The number of methoxy groups -OCH3 is 1. The molecule has 5 heteroatoms. The van der Waals surface area contributed by atoms with Gasteiger partial charge in [-0.15, -0.1) is 5.10 Å². The summed E-state index contributed by atoms with van der Waals surface area (Å²) in [5.41, 5.74) is 0. The molecule has 0 spiro atoms. The second-order valence-electron chi connectivity index (χ2n) is 4.29. The van der Waals surface area contributed by atoms with Crippen LogP contribution in [0.3, 0.4) is 0 Å². The van der Waals surface area contributed by atoms with E-state index in [0.717, 1.165) is 13.1 Å². The minimum Gasteiger partial charge on any atom is -0.380 e. The van der Waals surface area contributed by atoms with Gasteiger partial charge < -0.3 is 10.1 Å². The lowest BCUT2D eigenvalue weighted by molar-refractivity contribution is 0.0416. The maximum absolute atomic E-state index is 5.49. The van der Waals surface area contributed by atoms with E-state index in [2.05, 4.69) is 15.6 Å². The molecule has 1 aromatic rings. The van der Waals surface area contributed by atoms with Crippen LogP contribution in [-0.4, -0.2) is 40.8 Å². The van der Waals surface area contributed by atoms with Crippen LogP contribution in [0.4, 0.5) is 0 Å². The highest BCUT2D eigenvalue weighted by Crippen LogP contribution is 2.20. The Morgan fingerprint density at radius 1 is 1.44 bits per heavy atom. The summed E-state index contributed by atoms with van der Waals surface area (Å²) in [6.07, 6.45) is 8.97. The van der Waals surface area contributed by atoms with Crippen molar-refractivity contribution in [3.05, 3.63) is 12.4 Å². The average molecular weight is 224 g/mol. The molecule has 1 fully saturated rings. The molecule has 16 heavy (non-hydrogen) atoms. The Hall–Kier alpha value is -0.940. The highest BCUT2D eigenvalue weighted by Gasteiger charge is 2.23. The van der Waals surface area contributed by atoms with Gasteiger partial charge >= 0.3 is 0 Å². The van der Waals surface area contributed by atoms with E-state index in [4.69, 9.17) is 4.74 Å². The fraction of sp³-hybridized carbons (Fsp3) is 0.818. The maximum atomic E-state index is 5.49. The standard InChI is InChI=1S/C11H20N4O/c1-16-11-5-3-2-4-10(11)12-6-8-15-9-7-13-14-15/h7,9-12H,2-6,8H2,1H3. The maximum Gasteiger partial charge on any atom is 0.0724 e. The van der Waals surface area contributed by atoms with Crippen LogP contribution in [0.15, 0.2) is 12.4 Å². The van der Waals surface area contributed by atoms with Crippen molar-refractivity contribution < 1.29 is 4.74 Å². The summed E-state index contributed by atoms with van der Waals surface area (Å²) >= 11 is 0. The third kappa shape index (κ3) is 3.02. The Balaban J connectivity index is 1.71. The van der Waals surface area contributed by atoms with Gasteiger partial charge in [0, 0.05) is 25.9 Å². The number of hydrogen-bond acceptors (Lipinski definition) is 4. The SMILES string of the molecule is COC1CCCCC1NCCn1ccnn1. The number of hydrogen-bond donors (Lipinski definition) is 1. The second kappa shape index (κ2) is 5.96. The molecule has 1 aliphatic rings. The summed E-state index contributed by atoms with van der Waals surface area (Å²) < 4.78 is 7.34. The van der Waals surface area contributed by atoms with Crippen LogP contribution in [-0.2, 0) is 11.3 Å². The fourth-order valence-corrected chi connectivity index (χ4v) is 2.33. The molecule has 0 aromatic carbocycles. The van der Waals surface area contributed by atoms with Crippen molar-refractivity contribution in [2.24, 2.45) is 0 Å². The molecule has 1 aliphatic carbocycles. The number of nitrogens with zero attached hydrogens (tertiary/aromatic N) is 3. The zero-order chi connectivity index (χ0) is 11.2. The molecular formula is C11H20N4O. The van der Waals surface area contributed by atoms with E-state index in [1.165, 1.54) is 25.7 Å². The van der Waals surface area contributed by atoms with Gasteiger partial charge in [0.2, 0.25) is 0 Å². The van der Waals surface area contributed by atoms with Gasteiger partial charge in [-0.25, -0.2) is 0 Å². The highest BCUT2D eigenvalue weighted by molar-refractivity contribution is 4.81. The van der Waals surface area contributed by atoms with Crippen LogP contribution in [0.2, 0.25) is 0 Å². The molecule has 0 saturated heterocycles. The van der Waals surface area contributed by atoms with Gasteiger partial charge in [-0.1, -0.05) is 18.1 Å². The lowest BCUT2D eigenvalue weighted by Crippen LogP contribution is -2.44. The number of aromatic nitrogens is 3. The first-order valence-electron chi connectivity index (χ1n) is 6.00. The quantitative estimate of drug-likeness (QED) is 0.804. The molecule has 0 amide bonds. The normalized spacial score (nSPS) is 25.8. The van der Waals surface area contributed by atoms with Crippen LogP contribution < -0.4 is 5.32 Å². The van der Waals surface area contributed by atoms with Crippen LogP contribution in [0.5, 0.6) is 0 Å². The van der Waals surface area contributed by atoms with E-state index in [0.29, 0.717) is 12.1 Å². The molecule has 90 valence electrons. The monoisotopic (exact) mass is 224 g/mol. The fourth-order valence-electron chi connectivity index (χ4n) is 2.33. The number of nitrogens with one attached hydrogen (secondary N) is 1. The van der Waals surface area contributed by atoms with E-state index in [-0.39, 0.29) is 0 Å². The Bertz CT molecular complexity index is 288. The summed E-state index contributed by atoms with van der Waals surface area (Å²) in [5, 5.41) is 11.3. The number of rotatable bonds is 5. The van der Waals surface area contributed by atoms with Crippen molar-refractivity contribution in [1.82, 2.24) is 20.3 Å². The van der Waals surface area contributed by atoms with Gasteiger partial charge in [0.1, 0.15) is 0 Å². The summed E-state index contributed by atoms with van der Waals surface area (Å²) in [6, 6.07) is 0.502. The molecule has 2 atom stereocenters. The van der Waals surface area contributed by atoms with Crippen molar-refractivity contribution in [1.29, 1.82) is 0 Å². The highest BCUT2D eigenvalue weighted by atomic mass is 16.5. The summed E-state index contributed by atoms with van der Waals surface area (Å²) in [6.45, 7) is 1.79. The molecule has 1 heterocycles. The first-order valence-corrected chi connectivity index (χ1v) is 6.00. The van der Waals surface area contributed by atoms with Gasteiger partial charge in [-0.05, 0) is 12.8 Å². The first kappa shape index (κ1) is 11.5. The van der Waals surface area contributed by atoms with E-state index < -0.39 is 0 Å². The Morgan fingerprint density at radius 3 is 3.06 bits per heavy atom. The lowest BCUT2D eigenvalue weighted by Gasteiger charge is -2.31. The predicted octanol–water partition coefficient (Wildman–Crippen LogP) is 0.825. The molecule has 2 rings (SSSR count). The van der Waals surface area contributed by atoms with Crippen molar-refractivity contribution >= 4 is 0 Å². The molecule has 1 aromatic heterocycles. The molecule has 1 N–H and O–H groups in total. The molecule has 0 aliphatic heterocycles. The van der Waals surface area contributed by atoms with Crippen LogP contribution in [0, 0.1) is 0 Å². The molecular weight excluding hydrogens is 204 g/mol. The van der Waals surface area contributed by atoms with Gasteiger partial charge in [0.25, 0.3) is 0 Å². The smallest absolute Gasteiger partial charge is 0.0724 e. The number of ether oxygens (including phenoxy) is 1. The van der Waals surface area contributed by atoms with Crippen molar-refractivity contribution in [3.63, 3.8) is 0 Å². The molecule has 0 bridgehead atoms. The summed E-state index contributed by atoms with van der Waals surface area (Å²) in [7, 11) is 1.81. The summed E-state index contributed by atoms with van der Waals surface area (Å²) in [5.74, 6) is 0. The topological polar surface area (TPSA) is 52.0 Å². The van der Waals surface area contributed by atoms with Crippen LogP contribution in [0.1, 0.15) is 25.7 Å². The van der Waals surface area contributed by atoms with Gasteiger partial charge in [0.15, 0.2) is 0 Å². The van der Waals surface area contributed by atoms with Gasteiger partial charge in [-0.3, -0.25) is 4.68 Å². The molecule has 0 radical (unpaired) electrons. The van der Waals surface area contributed by atoms with Crippen LogP contribution in [0.25, 0.3) is 0 Å². The third-order valence-corrected chi connectivity index (χ3v) is 3.22. The van der Waals surface area contributed by atoms with E-state index in [1.54, 1.807) is 6.20 Å². The van der Waals surface area contributed by atoms with E-state index in [9.17, 15) is 0 Å². The third-order valence-electron chi connectivity index (χ3n) is 3.22. The summed E-state index contributed by atoms with van der Waals surface area (Å²) in [4.78, 5) is 0. The zero-order valence-corrected chi connectivity index (χ0v) is 9.80. The lowest BCUT2D eigenvalue weighted by atomic mass is 9.92. The minimum atomic E-state index is 0.379. The average Bonchev–Trinajstić information content (AvgIpc) is 2.83. The van der Waals surface area contributed by atoms with Gasteiger partial charge in [0.05, 0.1) is 18.8 Å². The van der Waals surface area contributed by atoms with Crippen LogP contribution >= 0.6 is 0 Å². The Labute approximate surface area is 96.2 Å². The molecule has 1 saturated carbocycles. The zero-order valence-electron chi connectivity index (χ0n) is 9.80. The first-order chi connectivity index (χ1) is 7.90. The van der Waals surface area contributed by atoms with Crippen molar-refractivity contribution in [2.45, 2.75) is 44.4 Å². The van der Waals surface area contributed by atoms with Crippen molar-refractivity contribution in [2.75, 3.05) is 13.7 Å². The largest absolute Gasteiger partial charge is 0.380 e. The Morgan fingerprint density at radius 2 is 2.31 bits per heavy atom. The molecule has 2 unspecified atom stereocenters. The van der Waals surface area contributed by atoms with E-state index >= 15 is 0 Å². The molecule has 5 nitrogen and oxygen atoms in total. The second-order valence-corrected chi connectivity index (χ2v) is 4.29. The van der Waals surface area contributed by atoms with Gasteiger partial charge in [-0.2, -0.15) is 0 Å². The van der Waals surface area contributed by atoms with E-state index in [1.807, 2.05) is 18.0 Å². The Kier molecular flexibility index (Phi) is 4.30. The minimum absolute atomic E-state index is 0.379.